The van der Waals surface area contributed by atoms with Crippen molar-refractivity contribution >= 4 is 11.6 Å². The molecular weight excluding hydrogens is 190 g/mol. The van der Waals surface area contributed by atoms with Crippen LogP contribution in [-0.4, -0.2) is 5.91 Å². The maximum atomic E-state index is 12.8. The van der Waals surface area contributed by atoms with Gasteiger partial charge in [-0.3, -0.25) is 4.79 Å². The summed E-state index contributed by atoms with van der Waals surface area (Å²) in [6.07, 6.45) is 0. The lowest BCUT2D eigenvalue weighted by Gasteiger charge is -2.12. The number of alkyl halides is 2. The van der Waals surface area contributed by atoms with Crippen LogP contribution in [0.25, 0.3) is 0 Å². The molecule has 4 N–H and O–H groups in total. The van der Waals surface area contributed by atoms with Crippen molar-refractivity contribution in [1.29, 1.82) is 0 Å². The number of rotatable bonds is 2. The molecule has 3 nitrogen and oxygen atoms in total. The normalized spacial score (nSPS) is 11.4. The molecule has 5 heteroatoms. The Morgan fingerprint density at radius 1 is 1.43 bits per heavy atom. The number of hydrogen-bond donors (Lipinski definition) is 2. The molecule has 0 aromatic heterocycles. The molecule has 1 rings (SSSR count). The molecule has 0 radical (unpaired) electrons. The largest absolute Gasteiger partial charge is 0.398 e. The van der Waals surface area contributed by atoms with Gasteiger partial charge in [0.05, 0.1) is 5.56 Å². The van der Waals surface area contributed by atoms with E-state index in [-0.39, 0.29) is 16.8 Å². The minimum absolute atomic E-state index is 0.0310. The van der Waals surface area contributed by atoms with Gasteiger partial charge in [-0.2, -0.15) is 0 Å². The fourth-order valence-electron chi connectivity index (χ4n) is 1.06. The molecule has 14 heavy (non-hydrogen) atoms. The number of primary amides is 1. The van der Waals surface area contributed by atoms with E-state index in [9.17, 15) is 13.6 Å². The molecule has 0 heterocycles. The Labute approximate surface area is 79.7 Å². The van der Waals surface area contributed by atoms with Crippen molar-refractivity contribution in [2.75, 3.05) is 5.73 Å². The highest BCUT2D eigenvalue weighted by atomic mass is 19.3. The molecule has 0 unspecified atom stereocenters. The first-order chi connectivity index (χ1) is 6.32. The summed E-state index contributed by atoms with van der Waals surface area (Å²) < 4.78 is 25.6. The summed E-state index contributed by atoms with van der Waals surface area (Å²) in [5.41, 5.74) is 10.1. The van der Waals surface area contributed by atoms with Crippen LogP contribution in [0.3, 0.4) is 0 Å². The zero-order valence-corrected chi connectivity index (χ0v) is 7.55. The third-order valence-corrected chi connectivity index (χ3v) is 1.82. The van der Waals surface area contributed by atoms with Crippen LogP contribution >= 0.6 is 0 Å². The van der Waals surface area contributed by atoms with Crippen LogP contribution in [0.5, 0.6) is 0 Å². The summed E-state index contributed by atoms with van der Waals surface area (Å²) in [5.74, 6) is -3.70. The topological polar surface area (TPSA) is 69.1 Å². The summed E-state index contributed by atoms with van der Waals surface area (Å²) in [4.78, 5) is 10.7. The second-order valence-corrected chi connectivity index (χ2v) is 3.05. The average molecular weight is 200 g/mol. The van der Waals surface area contributed by atoms with Crippen LogP contribution < -0.4 is 11.5 Å². The van der Waals surface area contributed by atoms with Gasteiger partial charge in [-0.25, -0.2) is 8.78 Å². The Bertz CT molecular complexity index is 372. The summed E-state index contributed by atoms with van der Waals surface area (Å²) in [6.45, 7) is 0.756. The van der Waals surface area contributed by atoms with Crippen molar-refractivity contribution in [3.63, 3.8) is 0 Å². The standard InChI is InChI=1S/C9H10F2N2O/c1-9(10,11)5-2-3-6(8(13)14)7(12)4-5/h2-4H,12H2,1H3,(H2,13,14). The Balaban J connectivity index is 3.20. The van der Waals surface area contributed by atoms with E-state index in [0.717, 1.165) is 19.1 Å². The van der Waals surface area contributed by atoms with Crippen LogP contribution in [0.15, 0.2) is 18.2 Å². The van der Waals surface area contributed by atoms with Gasteiger partial charge in [-0.15, -0.1) is 0 Å². The van der Waals surface area contributed by atoms with Gasteiger partial charge in [0.15, 0.2) is 0 Å². The van der Waals surface area contributed by atoms with Crippen molar-refractivity contribution in [1.82, 2.24) is 0 Å². The molecule has 0 bridgehead atoms. The van der Waals surface area contributed by atoms with E-state index in [1.54, 1.807) is 0 Å². The van der Waals surface area contributed by atoms with Gasteiger partial charge in [0.25, 0.3) is 11.8 Å². The molecule has 0 aliphatic heterocycles. The minimum Gasteiger partial charge on any atom is -0.398 e. The fraction of sp³-hybridized carbons (Fsp3) is 0.222. The van der Waals surface area contributed by atoms with E-state index in [2.05, 4.69) is 0 Å². The van der Waals surface area contributed by atoms with Gasteiger partial charge in [-0.05, 0) is 12.1 Å². The molecular formula is C9H10F2N2O. The molecule has 0 atom stereocenters. The van der Waals surface area contributed by atoms with Crippen LogP contribution in [0.1, 0.15) is 22.8 Å². The number of amides is 1. The minimum atomic E-state index is -2.97. The first kappa shape index (κ1) is 10.4. The van der Waals surface area contributed by atoms with E-state index in [0.29, 0.717) is 0 Å². The monoisotopic (exact) mass is 200 g/mol. The van der Waals surface area contributed by atoms with Crippen molar-refractivity contribution in [3.05, 3.63) is 29.3 Å². The molecule has 0 aliphatic carbocycles. The number of carbonyl (C=O) groups is 1. The first-order valence-corrected chi connectivity index (χ1v) is 3.90. The van der Waals surface area contributed by atoms with Crippen molar-refractivity contribution in [2.24, 2.45) is 5.73 Å². The summed E-state index contributed by atoms with van der Waals surface area (Å²) in [7, 11) is 0. The smallest absolute Gasteiger partial charge is 0.270 e. The molecule has 0 saturated carbocycles. The van der Waals surface area contributed by atoms with Crippen LogP contribution in [0.2, 0.25) is 0 Å². The molecule has 1 aromatic carbocycles. The van der Waals surface area contributed by atoms with Crippen LogP contribution in [0.4, 0.5) is 14.5 Å². The lowest BCUT2D eigenvalue weighted by atomic mass is 10.1. The lowest BCUT2D eigenvalue weighted by Crippen LogP contribution is -2.15. The Morgan fingerprint density at radius 3 is 2.36 bits per heavy atom. The number of carbonyl (C=O) groups excluding carboxylic acids is 1. The second kappa shape index (κ2) is 3.25. The Morgan fingerprint density at radius 2 is 2.00 bits per heavy atom. The van der Waals surface area contributed by atoms with Crippen LogP contribution in [0, 0.1) is 0 Å². The maximum absolute atomic E-state index is 12.8. The van der Waals surface area contributed by atoms with Crippen molar-refractivity contribution < 1.29 is 13.6 Å². The number of nitrogen functional groups attached to an aromatic ring is 1. The molecule has 76 valence electrons. The Kier molecular flexibility index (Phi) is 2.42. The van der Waals surface area contributed by atoms with Crippen molar-refractivity contribution in [3.8, 4) is 0 Å². The second-order valence-electron chi connectivity index (χ2n) is 3.05. The summed E-state index contributed by atoms with van der Waals surface area (Å²) in [5, 5.41) is 0. The summed E-state index contributed by atoms with van der Waals surface area (Å²) >= 11 is 0. The highest BCUT2D eigenvalue weighted by molar-refractivity contribution is 5.98. The summed E-state index contributed by atoms with van der Waals surface area (Å²) in [6, 6.07) is 3.39. The lowest BCUT2D eigenvalue weighted by molar-refractivity contribution is 0.0175. The first-order valence-electron chi connectivity index (χ1n) is 3.90. The zero-order valence-electron chi connectivity index (χ0n) is 7.55. The quantitative estimate of drug-likeness (QED) is 0.710. The van der Waals surface area contributed by atoms with E-state index in [4.69, 9.17) is 11.5 Å². The number of halogens is 2. The van der Waals surface area contributed by atoms with Gasteiger partial charge in [0.1, 0.15) is 0 Å². The van der Waals surface area contributed by atoms with Gasteiger partial charge >= 0.3 is 0 Å². The predicted molar refractivity (Wildman–Crippen MR) is 48.9 cm³/mol. The van der Waals surface area contributed by atoms with E-state index >= 15 is 0 Å². The van der Waals surface area contributed by atoms with E-state index < -0.39 is 11.8 Å². The predicted octanol–water partition coefficient (Wildman–Crippen LogP) is 1.48. The molecule has 0 aliphatic rings. The molecule has 0 saturated heterocycles. The molecule has 0 spiro atoms. The van der Waals surface area contributed by atoms with Gasteiger partial charge in [-0.1, -0.05) is 6.07 Å². The number of hydrogen-bond acceptors (Lipinski definition) is 2. The highest BCUT2D eigenvalue weighted by Crippen LogP contribution is 2.29. The number of nitrogens with two attached hydrogens (primary N) is 2. The van der Waals surface area contributed by atoms with Crippen LogP contribution in [-0.2, 0) is 5.92 Å². The van der Waals surface area contributed by atoms with Gasteiger partial charge < -0.3 is 11.5 Å². The third-order valence-electron chi connectivity index (χ3n) is 1.82. The van der Waals surface area contributed by atoms with E-state index in [1.165, 1.54) is 6.07 Å². The zero-order chi connectivity index (χ0) is 10.9. The number of anilines is 1. The number of benzene rings is 1. The molecule has 0 fully saturated rings. The van der Waals surface area contributed by atoms with E-state index in [1.807, 2.05) is 0 Å². The van der Waals surface area contributed by atoms with Gasteiger partial charge in [0.2, 0.25) is 0 Å². The fourth-order valence-corrected chi connectivity index (χ4v) is 1.06. The maximum Gasteiger partial charge on any atom is 0.270 e. The highest BCUT2D eigenvalue weighted by Gasteiger charge is 2.25. The third kappa shape index (κ3) is 1.99. The average Bonchev–Trinajstić information content (AvgIpc) is 2.01. The SMILES string of the molecule is CC(F)(F)c1ccc(C(N)=O)c(N)c1. The molecule has 1 amide bonds. The van der Waals surface area contributed by atoms with Gasteiger partial charge in [0, 0.05) is 18.2 Å². The molecule has 1 aromatic rings. The Hall–Kier alpha value is -1.65. The van der Waals surface area contributed by atoms with Crippen molar-refractivity contribution in [2.45, 2.75) is 12.8 Å².